The summed E-state index contributed by atoms with van der Waals surface area (Å²) in [4.78, 5) is 2.46. The van der Waals surface area contributed by atoms with Crippen LogP contribution >= 0.6 is 27.3 Å². The van der Waals surface area contributed by atoms with Crippen molar-refractivity contribution >= 4 is 27.3 Å². The van der Waals surface area contributed by atoms with E-state index < -0.39 is 0 Å². The van der Waals surface area contributed by atoms with Crippen LogP contribution in [-0.4, -0.2) is 7.11 Å². The number of aryl methyl sites for hydroxylation is 1. The summed E-state index contributed by atoms with van der Waals surface area (Å²) in [6, 6.07) is 10.1. The van der Waals surface area contributed by atoms with Crippen LogP contribution < -0.4 is 10.5 Å². The topological polar surface area (TPSA) is 35.2 Å². The molecular formula is C14H16BrNOS. The van der Waals surface area contributed by atoms with Gasteiger partial charge in [-0.3, -0.25) is 0 Å². The third kappa shape index (κ3) is 2.94. The molecule has 1 atom stereocenters. The predicted octanol–water partition coefficient (Wildman–Crippen LogP) is 4.07. The van der Waals surface area contributed by atoms with Crippen molar-refractivity contribution in [2.24, 2.45) is 5.73 Å². The average molecular weight is 326 g/mol. The number of rotatable bonds is 4. The molecule has 0 saturated heterocycles. The SMILES string of the molecule is COc1ccccc1CC(N)c1sc(C)cc1Br. The normalized spacial score (nSPS) is 12.4. The van der Waals surface area contributed by atoms with E-state index in [4.69, 9.17) is 10.5 Å². The Morgan fingerprint density at radius 1 is 1.39 bits per heavy atom. The van der Waals surface area contributed by atoms with E-state index in [1.54, 1.807) is 18.4 Å². The van der Waals surface area contributed by atoms with Crippen LogP contribution in [0.15, 0.2) is 34.8 Å². The van der Waals surface area contributed by atoms with Crippen LogP contribution in [0.25, 0.3) is 0 Å². The fraction of sp³-hybridized carbons (Fsp3) is 0.286. The van der Waals surface area contributed by atoms with Gasteiger partial charge in [-0.05, 0) is 47.0 Å². The van der Waals surface area contributed by atoms with Crippen molar-refractivity contribution in [3.63, 3.8) is 0 Å². The average Bonchev–Trinajstić information content (AvgIpc) is 2.69. The number of para-hydroxylation sites is 1. The van der Waals surface area contributed by atoms with Crippen molar-refractivity contribution in [2.75, 3.05) is 7.11 Å². The van der Waals surface area contributed by atoms with E-state index in [-0.39, 0.29) is 6.04 Å². The van der Waals surface area contributed by atoms with Crippen LogP contribution in [0, 0.1) is 6.92 Å². The molecule has 0 fully saturated rings. The quantitative estimate of drug-likeness (QED) is 0.919. The van der Waals surface area contributed by atoms with Gasteiger partial charge in [-0.25, -0.2) is 0 Å². The molecule has 96 valence electrons. The Balaban J connectivity index is 2.21. The third-order valence-electron chi connectivity index (χ3n) is 2.81. The molecule has 0 amide bonds. The zero-order valence-electron chi connectivity index (χ0n) is 10.4. The third-order valence-corrected chi connectivity index (χ3v) is 4.91. The highest BCUT2D eigenvalue weighted by molar-refractivity contribution is 9.10. The number of hydrogen-bond acceptors (Lipinski definition) is 3. The Kier molecular flexibility index (Phi) is 4.43. The van der Waals surface area contributed by atoms with E-state index >= 15 is 0 Å². The number of ether oxygens (including phenoxy) is 1. The lowest BCUT2D eigenvalue weighted by molar-refractivity contribution is 0.408. The smallest absolute Gasteiger partial charge is 0.122 e. The Morgan fingerprint density at radius 2 is 2.11 bits per heavy atom. The van der Waals surface area contributed by atoms with Gasteiger partial charge >= 0.3 is 0 Å². The highest BCUT2D eigenvalue weighted by atomic mass is 79.9. The van der Waals surface area contributed by atoms with Gasteiger partial charge in [0, 0.05) is 20.3 Å². The molecule has 0 bridgehead atoms. The fourth-order valence-electron chi connectivity index (χ4n) is 1.96. The molecule has 0 aliphatic rings. The molecule has 0 spiro atoms. The number of halogens is 1. The molecule has 2 aromatic rings. The van der Waals surface area contributed by atoms with Crippen molar-refractivity contribution in [1.82, 2.24) is 0 Å². The molecule has 0 radical (unpaired) electrons. The first-order valence-corrected chi connectivity index (χ1v) is 7.36. The van der Waals surface area contributed by atoms with E-state index in [1.165, 1.54) is 9.75 Å². The Hall–Kier alpha value is -0.840. The maximum absolute atomic E-state index is 6.29. The van der Waals surface area contributed by atoms with Crippen LogP contribution in [0.4, 0.5) is 0 Å². The molecule has 1 aromatic carbocycles. The molecule has 0 aliphatic heterocycles. The lowest BCUT2D eigenvalue weighted by Gasteiger charge is -2.13. The minimum Gasteiger partial charge on any atom is -0.496 e. The zero-order chi connectivity index (χ0) is 13.1. The van der Waals surface area contributed by atoms with E-state index in [1.807, 2.05) is 18.2 Å². The maximum Gasteiger partial charge on any atom is 0.122 e. The highest BCUT2D eigenvalue weighted by Crippen LogP contribution is 2.33. The van der Waals surface area contributed by atoms with Gasteiger partial charge in [0.1, 0.15) is 5.75 Å². The largest absolute Gasteiger partial charge is 0.496 e. The van der Waals surface area contributed by atoms with Gasteiger partial charge in [-0.2, -0.15) is 0 Å². The molecule has 2 rings (SSSR count). The monoisotopic (exact) mass is 325 g/mol. The number of thiophene rings is 1. The van der Waals surface area contributed by atoms with Crippen molar-refractivity contribution in [3.05, 3.63) is 50.1 Å². The number of nitrogens with two attached hydrogens (primary N) is 1. The molecule has 2 nitrogen and oxygen atoms in total. The molecule has 0 aliphatic carbocycles. The summed E-state index contributed by atoms with van der Waals surface area (Å²) in [7, 11) is 1.69. The van der Waals surface area contributed by atoms with Gasteiger partial charge < -0.3 is 10.5 Å². The summed E-state index contributed by atoms with van der Waals surface area (Å²) < 4.78 is 6.46. The Labute approximate surface area is 120 Å². The predicted molar refractivity (Wildman–Crippen MR) is 80.4 cm³/mol. The molecule has 2 N–H and O–H groups in total. The lowest BCUT2D eigenvalue weighted by Crippen LogP contribution is -2.12. The van der Waals surface area contributed by atoms with Gasteiger partial charge in [-0.15, -0.1) is 11.3 Å². The highest BCUT2D eigenvalue weighted by Gasteiger charge is 2.15. The van der Waals surface area contributed by atoms with E-state index in [9.17, 15) is 0 Å². The molecular weight excluding hydrogens is 310 g/mol. The van der Waals surface area contributed by atoms with Gasteiger partial charge in [0.15, 0.2) is 0 Å². The van der Waals surface area contributed by atoms with E-state index in [0.717, 1.165) is 22.2 Å². The van der Waals surface area contributed by atoms with Crippen LogP contribution in [0.1, 0.15) is 21.4 Å². The number of benzene rings is 1. The second-order valence-electron chi connectivity index (χ2n) is 4.19. The molecule has 1 aromatic heterocycles. The summed E-state index contributed by atoms with van der Waals surface area (Å²) in [5.74, 6) is 0.900. The van der Waals surface area contributed by atoms with E-state index in [0.29, 0.717) is 0 Å². The van der Waals surface area contributed by atoms with Gasteiger partial charge in [0.2, 0.25) is 0 Å². The standard InChI is InChI=1S/C14H16BrNOS/c1-9-7-11(15)14(18-9)12(16)8-10-5-3-4-6-13(10)17-2/h3-7,12H,8,16H2,1-2H3. The van der Waals surface area contributed by atoms with Crippen LogP contribution in [0.3, 0.4) is 0 Å². The summed E-state index contributed by atoms with van der Waals surface area (Å²) in [5.41, 5.74) is 7.43. The summed E-state index contributed by atoms with van der Waals surface area (Å²) in [6.45, 7) is 2.09. The van der Waals surface area contributed by atoms with E-state index in [2.05, 4.69) is 35.0 Å². The minimum absolute atomic E-state index is 0.00521. The molecule has 0 saturated carbocycles. The summed E-state index contributed by atoms with van der Waals surface area (Å²) in [6.07, 6.45) is 0.780. The molecule has 1 unspecified atom stereocenters. The van der Waals surface area contributed by atoms with Crippen molar-refractivity contribution in [3.8, 4) is 5.75 Å². The van der Waals surface area contributed by atoms with Crippen LogP contribution in [-0.2, 0) is 6.42 Å². The van der Waals surface area contributed by atoms with Crippen LogP contribution in [0.2, 0.25) is 0 Å². The summed E-state index contributed by atoms with van der Waals surface area (Å²) in [5, 5.41) is 0. The van der Waals surface area contributed by atoms with Crippen molar-refractivity contribution in [2.45, 2.75) is 19.4 Å². The lowest BCUT2D eigenvalue weighted by atomic mass is 10.0. The van der Waals surface area contributed by atoms with Crippen LogP contribution in [0.5, 0.6) is 5.75 Å². The number of methoxy groups -OCH3 is 1. The second-order valence-corrected chi connectivity index (χ2v) is 6.33. The van der Waals surface area contributed by atoms with Gasteiger partial charge in [0.25, 0.3) is 0 Å². The Morgan fingerprint density at radius 3 is 2.72 bits per heavy atom. The first-order valence-electron chi connectivity index (χ1n) is 5.75. The first-order chi connectivity index (χ1) is 8.61. The zero-order valence-corrected chi connectivity index (χ0v) is 12.8. The van der Waals surface area contributed by atoms with Crippen molar-refractivity contribution in [1.29, 1.82) is 0 Å². The van der Waals surface area contributed by atoms with Crippen molar-refractivity contribution < 1.29 is 4.74 Å². The molecule has 1 heterocycles. The fourth-order valence-corrected chi connectivity index (χ4v) is 3.90. The van der Waals surface area contributed by atoms with Gasteiger partial charge in [-0.1, -0.05) is 18.2 Å². The van der Waals surface area contributed by atoms with Gasteiger partial charge in [0.05, 0.1) is 7.11 Å². The summed E-state index contributed by atoms with van der Waals surface area (Å²) >= 11 is 5.31. The Bertz CT molecular complexity index is 538. The minimum atomic E-state index is -0.00521. The molecule has 4 heteroatoms. The molecule has 18 heavy (non-hydrogen) atoms. The first kappa shape index (κ1) is 13.6. The second kappa shape index (κ2) is 5.87. The number of hydrogen-bond donors (Lipinski definition) is 1. The maximum atomic E-state index is 6.29.